The molecule has 3 heterocycles. The molecule has 0 saturated heterocycles. The highest BCUT2D eigenvalue weighted by atomic mass is 35.5. The first-order valence-corrected chi connectivity index (χ1v) is 10.5. The number of thiophene rings is 1. The molecule has 0 aliphatic rings. The van der Waals surface area contributed by atoms with Gasteiger partial charge in [-0.3, -0.25) is 4.57 Å². The fourth-order valence-corrected chi connectivity index (χ4v) is 4.94. The average molecular weight is 420 g/mol. The maximum absolute atomic E-state index is 6.18. The summed E-state index contributed by atoms with van der Waals surface area (Å²) < 4.78 is 3.20. The zero-order valence-electron chi connectivity index (χ0n) is 15.9. The van der Waals surface area contributed by atoms with Crippen LogP contribution in [0.1, 0.15) is 23.4 Å². The van der Waals surface area contributed by atoms with Crippen LogP contribution < -0.4 is 5.32 Å². The van der Waals surface area contributed by atoms with Crippen LogP contribution in [0.25, 0.3) is 26.9 Å². The Labute approximate surface area is 177 Å². The highest BCUT2D eigenvalue weighted by Crippen LogP contribution is 2.36. The summed E-state index contributed by atoms with van der Waals surface area (Å²) in [7, 11) is 0. The van der Waals surface area contributed by atoms with Crippen molar-refractivity contribution in [1.82, 2.24) is 19.5 Å². The quantitative estimate of drug-likeness (QED) is 0.378. The molecular formula is C22H18ClN5S. The van der Waals surface area contributed by atoms with Gasteiger partial charge in [-0.2, -0.15) is 4.98 Å². The Kier molecular flexibility index (Phi) is 4.45. The number of rotatable bonds is 4. The predicted molar refractivity (Wildman–Crippen MR) is 120 cm³/mol. The van der Waals surface area contributed by atoms with Crippen LogP contribution in [-0.4, -0.2) is 19.5 Å². The minimum atomic E-state index is 0.0703. The van der Waals surface area contributed by atoms with E-state index < -0.39 is 0 Å². The lowest BCUT2D eigenvalue weighted by Crippen LogP contribution is -2.10. The Bertz CT molecular complexity index is 1340. The molecule has 0 radical (unpaired) electrons. The Balaban J connectivity index is 1.47. The maximum Gasteiger partial charge on any atom is 0.225 e. The molecule has 3 aromatic heterocycles. The zero-order chi connectivity index (χ0) is 20.0. The molecule has 5 nitrogen and oxygen atoms in total. The number of para-hydroxylation sites is 2. The average Bonchev–Trinajstić information content (AvgIpc) is 3.30. The van der Waals surface area contributed by atoms with Crippen LogP contribution in [0.3, 0.4) is 0 Å². The number of aryl methyl sites for hydroxylation is 1. The smallest absolute Gasteiger partial charge is 0.225 e. The number of nitrogens with zero attached hydrogens (tertiary/aromatic N) is 4. The van der Waals surface area contributed by atoms with Crippen molar-refractivity contribution in [2.24, 2.45) is 0 Å². The van der Waals surface area contributed by atoms with E-state index in [-0.39, 0.29) is 6.04 Å². The van der Waals surface area contributed by atoms with Gasteiger partial charge in [0.2, 0.25) is 5.95 Å². The molecular weight excluding hydrogens is 402 g/mol. The highest BCUT2D eigenvalue weighted by molar-refractivity contribution is 7.19. The van der Waals surface area contributed by atoms with Crippen LogP contribution in [0.4, 0.5) is 5.95 Å². The summed E-state index contributed by atoms with van der Waals surface area (Å²) in [6.07, 6.45) is 3.56. The Morgan fingerprint density at radius 1 is 1.10 bits per heavy atom. The lowest BCUT2D eigenvalue weighted by atomic mass is 10.1. The molecule has 0 amide bonds. The molecule has 1 atom stereocenters. The second kappa shape index (κ2) is 7.13. The number of nitrogens with one attached hydrogen (secondary N) is 1. The molecule has 0 bridgehead atoms. The fraction of sp³-hybridized carbons (Fsp3) is 0.136. The third-order valence-electron chi connectivity index (χ3n) is 5.02. The van der Waals surface area contributed by atoms with E-state index in [4.69, 9.17) is 16.6 Å². The third kappa shape index (κ3) is 3.24. The first-order valence-electron chi connectivity index (χ1n) is 9.31. The summed E-state index contributed by atoms with van der Waals surface area (Å²) in [6, 6.07) is 16.0. The molecule has 0 aliphatic heterocycles. The summed E-state index contributed by atoms with van der Waals surface area (Å²) in [6.45, 7) is 4.26. The number of hydrogen-bond donors (Lipinski definition) is 1. The van der Waals surface area contributed by atoms with Crippen LogP contribution in [0.2, 0.25) is 5.02 Å². The van der Waals surface area contributed by atoms with Crippen LogP contribution in [0.15, 0.2) is 61.1 Å². The number of anilines is 1. The molecule has 0 fully saturated rings. The maximum atomic E-state index is 6.18. The van der Waals surface area contributed by atoms with Crippen molar-refractivity contribution < 1.29 is 0 Å². The monoisotopic (exact) mass is 419 g/mol. The van der Waals surface area contributed by atoms with Gasteiger partial charge in [-0.1, -0.05) is 23.7 Å². The fourth-order valence-electron chi connectivity index (χ4n) is 3.58. The summed E-state index contributed by atoms with van der Waals surface area (Å²) in [5.74, 6) is 1.37. The summed E-state index contributed by atoms with van der Waals surface area (Å²) in [5.41, 5.74) is 3.19. The number of benzene rings is 2. The molecule has 29 heavy (non-hydrogen) atoms. The zero-order valence-corrected chi connectivity index (χ0v) is 17.5. The number of imidazole rings is 1. The van der Waals surface area contributed by atoms with Crippen molar-refractivity contribution in [2.45, 2.75) is 19.9 Å². The number of halogens is 1. The first kappa shape index (κ1) is 18.1. The van der Waals surface area contributed by atoms with Gasteiger partial charge in [0.25, 0.3) is 0 Å². The van der Waals surface area contributed by atoms with E-state index in [1.807, 2.05) is 47.0 Å². The molecule has 7 heteroatoms. The second-order valence-electron chi connectivity index (χ2n) is 6.94. The first-order chi connectivity index (χ1) is 14.1. The van der Waals surface area contributed by atoms with Crippen LogP contribution >= 0.6 is 22.9 Å². The molecule has 0 spiro atoms. The normalized spacial score (nSPS) is 12.5. The van der Waals surface area contributed by atoms with Gasteiger partial charge in [-0.15, -0.1) is 11.3 Å². The summed E-state index contributed by atoms with van der Waals surface area (Å²) in [5, 5.41) is 5.40. The highest BCUT2D eigenvalue weighted by Gasteiger charge is 2.16. The van der Waals surface area contributed by atoms with Gasteiger partial charge in [0, 0.05) is 20.8 Å². The largest absolute Gasteiger partial charge is 0.347 e. The Morgan fingerprint density at radius 3 is 2.86 bits per heavy atom. The number of aromatic nitrogens is 4. The molecule has 0 saturated carbocycles. The van der Waals surface area contributed by atoms with Crippen molar-refractivity contribution in [1.29, 1.82) is 0 Å². The lowest BCUT2D eigenvalue weighted by molar-refractivity contribution is 0.866. The van der Waals surface area contributed by atoms with E-state index in [1.54, 1.807) is 23.9 Å². The van der Waals surface area contributed by atoms with Gasteiger partial charge in [0.05, 0.1) is 17.1 Å². The number of fused-ring (bicyclic) bond motifs is 2. The Hall–Kier alpha value is -2.96. The van der Waals surface area contributed by atoms with E-state index in [0.717, 1.165) is 21.9 Å². The van der Waals surface area contributed by atoms with E-state index >= 15 is 0 Å². The molecule has 144 valence electrons. The van der Waals surface area contributed by atoms with Crippen molar-refractivity contribution in [2.75, 3.05) is 5.32 Å². The van der Waals surface area contributed by atoms with Crippen molar-refractivity contribution in [3.8, 4) is 5.82 Å². The lowest BCUT2D eigenvalue weighted by Gasteiger charge is -2.14. The van der Waals surface area contributed by atoms with Gasteiger partial charge < -0.3 is 5.32 Å². The summed E-state index contributed by atoms with van der Waals surface area (Å²) >= 11 is 7.95. The third-order valence-corrected chi connectivity index (χ3v) is 6.71. The van der Waals surface area contributed by atoms with E-state index in [9.17, 15) is 0 Å². The molecule has 5 rings (SSSR count). The molecule has 1 unspecified atom stereocenters. The molecule has 0 aliphatic carbocycles. The Morgan fingerprint density at radius 2 is 1.97 bits per heavy atom. The second-order valence-corrected chi connectivity index (χ2v) is 8.46. The topological polar surface area (TPSA) is 55.6 Å². The van der Waals surface area contributed by atoms with Crippen molar-refractivity contribution in [3.63, 3.8) is 0 Å². The van der Waals surface area contributed by atoms with Crippen molar-refractivity contribution in [3.05, 3.63) is 76.5 Å². The van der Waals surface area contributed by atoms with Gasteiger partial charge in [0.1, 0.15) is 12.1 Å². The predicted octanol–water partition coefficient (Wildman–Crippen LogP) is 6.17. The molecule has 2 aromatic carbocycles. The minimum absolute atomic E-state index is 0.0703. The van der Waals surface area contributed by atoms with Gasteiger partial charge in [-0.25, -0.2) is 9.97 Å². The molecule has 1 N–H and O–H groups in total. The van der Waals surface area contributed by atoms with E-state index in [1.165, 1.54) is 20.5 Å². The van der Waals surface area contributed by atoms with Crippen LogP contribution in [0, 0.1) is 6.92 Å². The molecule has 5 aromatic rings. The van der Waals surface area contributed by atoms with Crippen molar-refractivity contribution >= 4 is 50.0 Å². The summed E-state index contributed by atoms with van der Waals surface area (Å²) in [4.78, 5) is 14.8. The standard InChI is InChI=1S/C22H18ClN5S/c1-13-16-11-15(23)7-8-19(16)29-21(13)14(2)26-22-24-10-9-20(27-22)28-12-25-17-5-3-4-6-18(17)28/h3-12,14H,1-2H3,(H,24,26,27). The van der Waals surface area contributed by atoms with Gasteiger partial charge >= 0.3 is 0 Å². The van der Waals surface area contributed by atoms with E-state index in [2.05, 4.69) is 35.2 Å². The van der Waals surface area contributed by atoms with Crippen LogP contribution in [-0.2, 0) is 0 Å². The van der Waals surface area contributed by atoms with Gasteiger partial charge in [0.15, 0.2) is 0 Å². The van der Waals surface area contributed by atoms with Gasteiger partial charge in [-0.05, 0) is 61.2 Å². The number of hydrogen-bond acceptors (Lipinski definition) is 5. The van der Waals surface area contributed by atoms with E-state index in [0.29, 0.717) is 5.95 Å². The van der Waals surface area contributed by atoms with Crippen LogP contribution in [0.5, 0.6) is 0 Å². The SMILES string of the molecule is Cc1c(C(C)Nc2nccc(-n3cnc4ccccc43)n2)sc2ccc(Cl)cc12. The minimum Gasteiger partial charge on any atom is -0.347 e.